The SMILES string of the molecule is Cl.O=[N+]([O-])c1cc(F)ccc1O[C@@H]1CCNC1. The molecule has 0 spiro atoms. The second-order valence-electron chi connectivity index (χ2n) is 3.60. The van der Waals surface area contributed by atoms with E-state index in [9.17, 15) is 14.5 Å². The van der Waals surface area contributed by atoms with E-state index in [2.05, 4.69) is 5.32 Å². The Morgan fingerprint density at radius 1 is 1.53 bits per heavy atom. The van der Waals surface area contributed by atoms with Gasteiger partial charge < -0.3 is 10.1 Å². The highest BCUT2D eigenvalue weighted by Gasteiger charge is 2.22. The zero-order valence-electron chi connectivity index (χ0n) is 8.89. The quantitative estimate of drug-likeness (QED) is 0.667. The summed E-state index contributed by atoms with van der Waals surface area (Å²) in [5.74, 6) is -0.510. The molecule has 0 unspecified atom stereocenters. The van der Waals surface area contributed by atoms with Gasteiger partial charge in [0.1, 0.15) is 11.9 Å². The van der Waals surface area contributed by atoms with Gasteiger partial charge in [0, 0.05) is 6.54 Å². The van der Waals surface area contributed by atoms with Crippen LogP contribution >= 0.6 is 12.4 Å². The van der Waals surface area contributed by atoms with E-state index in [-0.39, 0.29) is 29.9 Å². The van der Waals surface area contributed by atoms with Crippen LogP contribution in [0.4, 0.5) is 10.1 Å². The molecule has 0 aliphatic carbocycles. The number of nitro groups is 1. The van der Waals surface area contributed by atoms with Gasteiger partial charge in [0.2, 0.25) is 0 Å². The van der Waals surface area contributed by atoms with Crippen molar-refractivity contribution in [3.8, 4) is 5.75 Å². The van der Waals surface area contributed by atoms with Crippen LogP contribution in [0.3, 0.4) is 0 Å². The average Bonchev–Trinajstić information content (AvgIpc) is 2.73. The van der Waals surface area contributed by atoms with Crippen LogP contribution in [0.1, 0.15) is 6.42 Å². The normalized spacial score (nSPS) is 18.5. The van der Waals surface area contributed by atoms with Crippen LogP contribution in [0.15, 0.2) is 18.2 Å². The van der Waals surface area contributed by atoms with Crippen molar-refractivity contribution in [1.29, 1.82) is 0 Å². The number of rotatable bonds is 3. The second kappa shape index (κ2) is 5.79. The smallest absolute Gasteiger partial charge is 0.313 e. The Kier molecular flexibility index (Phi) is 4.65. The minimum absolute atomic E-state index is 0. The molecular formula is C10H12ClFN2O3. The molecule has 0 bridgehead atoms. The Hall–Kier alpha value is -1.40. The van der Waals surface area contributed by atoms with Crippen LogP contribution < -0.4 is 10.1 Å². The van der Waals surface area contributed by atoms with E-state index in [0.717, 1.165) is 25.1 Å². The highest BCUT2D eigenvalue weighted by molar-refractivity contribution is 5.85. The fourth-order valence-electron chi connectivity index (χ4n) is 1.64. The van der Waals surface area contributed by atoms with E-state index in [1.54, 1.807) is 0 Å². The first-order valence-electron chi connectivity index (χ1n) is 4.98. The lowest BCUT2D eigenvalue weighted by Crippen LogP contribution is -2.20. The van der Waals surface area contributed by atoms with Gasteiger partial charge in [0.25, 0.3) is 0 Å². The number of nitro benzene ring substituents is 1. The zero-order chi connectivity index (χ0) is 11.5. The molecule has 94 valence electrons. The minimum atomic E-state index is -0.638. The van der Waals surface area contributed by atoms with Crippen LogP contribution in [0.25, 0.3) is 0 Å². The summed E-state index contributed by atoms with van der Waals surface area (Å²) in [6.07, 6.45) is 0.721. The van der Waals surface area contributed by atoms with Gasteiger partial charge in [-0.1, -0.05) is 0 Å². The summed E-state index contributed by atoms with van der Waals surface area (Å²) in [6.45, 7) is 1.49. The summed E-state index contributed by atoms with van der Waals surface area (Å²) in [5.41, 5.74) is -0.327. The standard InChI is InChI=1S/C10H11FN2O3.ClH/c11-7-1-2-10(9(5-7)13(14)15)16-8-3-4-12-6-8;/h1-2,5,8,12H,3-4,6H2;1H/t8-;/m1./s1. The van der Waals surface area contributed by atoms with Gasteiger partial charge in [-0.25, -0.2) is 4.39 Å². The summed E-state index contributed by atoms with van der Waals surface area (Å²) in [4.78, 5) is 10.1. The molecule has 2 rings (SSSR count). The predicted octanol–water partition coefficient (Wildman–Crippen LogP) is 1.90. The number of benzene rings is 1. The fraction of sp³-hybridized carbons (Fsp3) is 0.400. The molecule has 1 aliphatic rings. The van der Waals surface area contributed by atoms with Crippen molar-refractivity contribution in [3.05, 3.63) is 34.1 Å². The highest BCUT2D eigenvalue weighted by atomic mass is 35.5. The maximum atomic E-state index is 12.8. The Bertz CT molecular complexity index is 411. The van der Waals surface area contributed by atoms with E-state index in [0.29, 0.717) is 6.54 Å². The predicted molar refractivity (Wildman–Crippen MR) is 62.2 cm³/mol. The molecular weight excluding hydrogens is 251 g/mol. The zero-order valence-corrected chi connectivity index (χ0v) is 9.71. The van der Waals surface area contributed by atoms with Crippen molar-refractivity contribution in [2.75, 3.05) is 13.1 Å². The Morgan fingerprint density at radius 2 is 2.29 bits per heavy atom. The summed E-state index contributed by atoms with van der Waals surface area (Å²) >= 11 is 0. The third-order valence-electron chi connectivity index (χ3n) is 2.43. The van der Waals surface area contributed by atoms with Crippen molar-refractivity contribution < 1.29 is 14.1 Å². The van der Waals surface area contributed by atoms with Gasteiger partial charge in [0.15, 0.2) is 5.75 Å². The van der Waals surface area contributed by atoms with Crippen LogP contribution in [0.5, 0.6) is 5.75 Å². The van der Waals surface area contributed by atoms with Crippen molar-refractivity contribution in [2.24, 2.45) is 0 Å². The largest absolute Gasteiger partial charge is 0.482 e. The molecule has 17 heavy (non-hydrogen) atoms. The molecule has 1 aliphatic heterocycles. The van der Waals surface area contributed by atoms with Gasteiger partial charge in [-0.2, -0.15) is 0 Å². The second-order valence-corrected chi connectivity index (χ2v) is 3.60. The average molecular weight is 263 g/mol. The van der Waals surface area contributed by atoms with Gasteiger partial charge in [-0.15, -0.1) is 12.4 Å². The number of hydrogen-bond acceptors (Lipinski definition) is 4. The molecule has 5 nitrogen and oxygen atoms in total. The van der Waals surface area contributed by atoms with Crippen molar-refractivity contribution in [3.63, 3.8) is 0 Å². The molecule has 7 heteroatoms. The lowest BCUT2D eigenvalue weighted by molar-refractivity contribution is -0.386. The van der Waals surface area contributed by atoms with E-state index >= 15 is 0 Å². The van der Waals surface area contributed by atoms with Crippen molar-refractivity contribution in [1.82, 2.24) is 5.32 Å². The molecule has 1 N–H and O–H groups in total. The van der Waals surface area contributed by atoms with Crippen LogP contribution in [-0.4, -0.2) is 24.1 Å². The molecule has 1 aromatic carbocycles. The first-order valence-corrected chi connectivity index (χ1v) is 4.98. The molecule has 0 radical (unpaired) electrons. The molecule has 0 aromatic heterocycles. The van der Waals surface area contributed by atoms with Gasteiger partial charge in [0.05, 0.1) is 11.0 Å². The lowest BCUT2D eigenvalue weighted by atomic mass is 10.2. The maximum Gasteiger partial charge on any atom is 0.313 e. The Balaban J connectivity index is 0.00000144. The van der Waals surface area contributed by atoms with Crippen LogP contribution in [0.2, 0.25) is 0 Å². The van der Waals surface area contributed by atoms with E-state index in [1.807, 2.05) is 0 Å². The minimum Gasteiger partial charge on any atom is -0.482 e. The molecule has 1 heterocycles. The fourth-order valence-corrected chi connectivity index (χ4v) is 1.64. The third kappa shape index (κ3) is 3.28. The van der Waals surface area contributed by atoms with E-state index in [1.165, 1.54) is 6.07 Å². The topological polar surface area (TPSA) is 64.4 Å². The Labute approximate surface area is 104 Å². The number of nitrogens with one attached hydrogen (secondary N) is 1. The van der Waals surface area contributed by atoms with Crippen molar-refractivity contribution >= 4 is 18.1 Å². The van der Waals surface area contributed by atoms with Crippen LogP contribution in [-0.2, 0) is 0 Å². The number of ether oxygens (including phenoxy) is 1. The molecule has 0 amide bonds. The summed E-state index contributed by atoms with van der Waals surface area (Å²) in [7, 11) is 0. The molecule has 0 saturated carbocycles. The van der Waals surface area contributed by atoms with Gasteiger partial charge >= 0.3 is 5.69 Å². The van der Waals surface area contributed by atoms with E-state index in [4.69, 9.17) is 4.74 Å². The third-order valence-corrected chi connectivity index (χ3v) is 2.43. The van der Waals surface area contributed by atoms with Gasteiger partial charge in [-0.3, -0.25) is 10.1 Å². The number of hydrogen-bond donors (Lipinski definition) is 1. The molecule has 1 fully saturated rings. The Morgan fingerprint density at radius 3 is 2.88 bits per heavy atom. The first-order chi connectivity index (χ1) is 7.66. The summed E-state index contributed by atoms with van der Waals surface area (Å²) < 4.78 is 18.3. The number of halogens is 2. The van der Waals surface area contributed by atoms with Crippen molar-refractivity contribution in [2.45, 2.75) is 12.5 Å². The highest BCUT2D eigenvalue weighted by Crippen LogP contribution is 2.29. The number of nitrogens with zero attached hydrogens (tertiary/aromatic N) is 1. The monoisotopic (exact) mass is 262 g/mol. The van der Waals surface area contributed by atoms with Gasteiger partial charge in [-0.05, 0) is 25.1 Å². The molecule has 1 atom stereocenters. The lowest BCUT2D eigenvalue weighted by Gasteiger charge is -2.12. The first kappa shape index (κ1) is 13.7. The maximum absolute atomic E-state index is 12.8. The molecule has 1 aromatic rings. The summed E-state index contributed by atoms with van der Waals surface area (Å²) in [6, 6.07) is 3.33. The van der Waals surface area contributed by atoms with E-state index < -0.39 is 10.7 Å². The molecule has 1 saturated heterocycles. The van der Waals surface area contributed by atoms with Crippen LogP contribution in [0, 0.1) is 15.9 Å². The summed E-state index contributed by atoms with van der Waals surface area (Å²) in [5, 5.41) is 13.8.